The van der Waals surface area contributed by atoms with Crippen LogP contribution in [-0.2, 0) is 4.79 Å². The summed E-state index contributed by atoms with van der Waals surface area (Å²) < 4.78 is 17.9. The van der Waals surface area contributed by atoms with E-state index in [1.54, 1.807) is 61.5 Å². The van der Waals surface area contributed by atoms with Crippen LogP contribution in [-0.4, -0.2) is 60.4 Å². The number of amidine groups is 1. The summed E-state index contributed by atoms with van der Waals surface area (Å²) in [6.45, 7) is 0.386. The number of rotatable bonds is 11. The van der Waals surface area contributed by atoms with E-state index in [1.807, 2.05) is 0 Å². The van der Waals surface area contributed by atoms with Crippen molar-refractivity contribution in [3.63, 3.8) is 0 Å². The second-order valence-corrected chi connectivity index (χ2v) is 9.33. The number of hydrogen-bond donors (Lipinski definition) is 9. The first kappa shape index (κ1) is 29.2. The van der Waals surface area contributed by atoms with E-state index in [9.17, 15) is 4.79 Å². The van der Waals surface area contributed by atoms with E-state index in [4.69, 9.17) is 47.6 Å². The molecule has 0 saturated heterocycles. The lowest BCUT2D eigenvalue weighted by Crippen LogP contribution is -2.38. The Morgan fingerprint density at radius 1 is 1.05 bits per heavy atom. The molecule has 1 aliphatic heterocycles. The van der Waals surface area contributed by atoms with E-state index in [2.05, 4.69) is 25.9 Å². The average molecular weight is 577 g/mol. The Kier molecular flexibility index (Phi) is 8.75. The number of nitrogens with one attached hydrogen (secondary N) is 6. The molecule has 1 amide bonds. The van der Waals surface area contributed by atoms with Crippen LogP contribution in [0.5, 0.6) is 29.3 Å². The maximum absolute atomic E-state index is 12.9. The van der Waals surface area contributed by atoms with Crippen LogP contribution in [0.25, 0.3) is 0 Å². The number of guanidine groups is 2. The van der Waals surface area contributed by atoms with Crippen molar-refractivity contribution < 1.29 is 19.0 Å². The van der Waals surface area contributed by atoms with Gasteiger partial charge in [0.25, 0.3) is 11.8 Å². The molecule has 4 rings (SSSR count). The van der Waals surface area contributed by atoms with Crippen LogP contribution in [0.2, 0.25) is 0 Å². The smallest absolute Gasteiger partial charge is 0.328 e. The van der Waals surface area contributed by atoms with Crippen molar-refractivity contribution in [2.45, 2.75) is 18.9 Å². The Morgan fingerprint density at radius 3 is 2.50 bits per heavy atom. The van der Waals surface area contributed by atoms with Crippen LogP contribution >= 0.6 is 0 Å². The lowest BCUT2D eigenvalue weighted by molar-refractivity contribution is -0.124. The Bertz CT molecular complexity index is 1530. The van der Waals surface area contributed by atoms with Crippen LogP contribution < -0.4 is 52.3 Å². The number of hydrogen-bond acceptors (Lipinski definition) is 10. The molecule has 16 heteroatoms. The minimum absolute atomic E-state index is 0.0327. The molecular formula is C26H32N12O4. The van der Waals surface area contributed by atoms with Gasteiger partial charge < -0.3 is 52.3 Å². The van der Waals surface area contributed by atoms with Crippen LogP contribution in [0, 0.1) is 16.2 Å². The third kappa shape index (κ3) is 7.23. The normalized spacial score (nSPS) is 13.6. The van der Waals surface area contributed by atoms with E-state index in [-0.39, 0.29) is 41.2 Å². The van der Waals surface area contributed by atoms with Gasteiger partial charge in [-0.25, -0.2) is 0 Å². The number of anilines is 3. The minimum Gasteiger partial charge on any atom is -0.462 e. The van der Waals surface area contributed by atoms with Gasteiger partial charge in [-0.3, -0.25) is 21.0 Å². The van der Waals surface area contributed by atoms with Crippen molar-refractivity contribution in [1.29, 1.82) is 16.2 Å². The third-order valence-electron chi connectivity index (χ3n) is 5.85. The molecule has 1 atom stereocenters. The first-order chi connectivity index (χ1) is 20.0. The highest BCUT2D eigenvalue weighted by atomic mass is 16.5. The first-order valence-electron chi connectivity index (χ1n) is 12.7. The Morgan fingerprint density at radius 2 is 1.81 bits per heavy atom. The topological polar surface area (TPSA) is 259 Å². The summed E-state index contributed by atoms with van der Waals surface area (Å²) >= 11 is 0. The van der Waals surface area contributed by atoms with Gasteiger partial charge in [0.05, 0.1) is 5.69 Å². The predicted molar refractivity (Wildman–Crippen MR) is 158 cm³/mol. The van der Waals surface area contributed by atoms with Gasteiger partial charge in [-0.05, 0) is 37.1 Å². The lowest BCUT2D eigenvalue weighted by Gasteiger charge is -2.26. The van der Waals surface area contributed by atoms with Crippen molar-refractivity contribution in [1.82, 2.24) is 15.3 Å². The summed E-state index contributed by atoms with van der Waals surface area (Å²) in [6, 6.07) is 11.5. The van der Waals surface area contributed by atoms with Gasteiger partial charge in [-0.2, -0.15) is 9.97 Å². The lowest BCUT2D eigenvalue weighted by atomic mass is 10.1. The summed E-state index contributed by atoms with van der Waals surface area (Å²) in [5.74, 6) is -0.266. The summed E-state index contributed by atoms with van der Waals surface area (Å²) in [5, 5.41) is 30.7. The van der Waals surface area contributed by atoms with E-state index in [0.717, 1.165) is 0 Å². The molecule has 1 aliphatic rings. The number of ether oxygens (including phenoxy) is 3. The standard InChI is InChI=1S/C26H32N12O4/c1-38(2)17-12-15(8-9-16(17)20(27)28)40-22-19-23(42-18(21(39)35-19)7-4-10-33-24(29)30)37-26(36-22)41-14-6-3-5-13(11-14)34-25(31)32/h3,5-6,8-9,11-12,18H,4,7,10H2,1-2H3,(H3,27,28)(H,35,39)(H4,29,30,33)(H4,31,32,34). The Hall–Kier alpha value is -5.80. The van der Waals surface area contributed by atoms with Gasteiger partial charge >= 0.3 is 6.01 Å². The zero-order valence-corrected chi connectivity index (χ0v) is 22.9. The van der Waals surface area contributed by atoms with Crippen molar-refractivity contribution in [2.24, 2.45) is 17.2 Å². The highest BCUT2D eigenvalue weighted by molar-refractivity contribution is 6.01. The fraction of sp³-hybridized carbons (Fsp3) is 0.231. The van der Waals surface area contributed by atoms with Crippen molar-refractivity contribution in [2.75, 3.05) is 36.2 Å². The molecule has 0 saturated carbocycles. The van der Waals surface area contributed by atoms with Crippen LogP contribution in [0.1, 0.15) is 18.4 Å². The van der Waals surface area contributed by atoms with Crippen molar-refractivity contribution >= 4 is 40.7 Å². The first-order valence-corrected chi connectivity index (χ1v) is 12.7. The molecule has 3 aromatic rings. The molecule has 16 nitrogen and oxygen atoms in total. The summed E-state index contributed by atoms with van der Waals surface area (Å²) in [4.78, 5) is 23.4. The average Bonchev–Trinajstić information content (AvgIpc) is 2.91. The summed E-state index contributed by atoms with van der Waals surface area (Å²) in [6.07, 6.45) is -0.0594. The molecular weight excluding hydrogens is 544 g/mol. The molecule has 220 valence electrons. The van der Waals surface area contributed by atoms with Gasteiger partial charge in [0.15, 0.2) is 23.7 Å². The molecule has 2 heterocycles. The monoisotopic (exact) mass is 576 g/mol. The van der Waals surface area contributed by atoms with Crippen LogP contribution in [0.3, 0.4) is 0 Å². The number of nitrogen functional groups attached to an aromatic ring is 1. The van der Waals surface area contributed by atoms with Crippen molar-refractivity contribution in [3.8, 4) is 29.3 Å². The zero-order valence-electron chi connectivity index (χ0n) is 22.9. The number of benzene rings is 2. The predicted octanol–water partition coefficient (Wildman–Crippen LogP) is 1.68. The number of nitrogens with zero attached hydrogens (tertiary/aromatic N) is 3. The summed E-state index contributed by atoms with van der Waals surface area (Å²) in [5.41, 5.74) is 18.3. The maximum atomic E-state index is 12.9. The van der Waals surface area contributed by atoms with E-state index in [1.165, 1.54) is 0 Å². The molecule has 0 fully saturated rings. The fourth-order valence-electron chi connectivity index (χ4n) is 3.99. The molecule has 0 radical (unpaired) electrons. The number of aromatic nitrogens is 2. The molecule has 12 N–H and O–H groups in total. The van der Waals surface area contributed by atoms with Crippen LogP contribution in [0.4, 0.5) is 17.1 Å². The molecule has 42 heavy (non-hydrogen) atoms. The molecule has 0 aliphatic carbocycles. The molecule has 0 bridgehead atoms. The van der Waals surface area contributed by atoms with Gasteiger partial charge in [0, 0.05) is 44.0 Å². The summed E-state index contributed by atoms with van der Waals surface area (Å²) in [7, 11) is 3.61. The molecule has 2 aromatic carbocycles. The highest BCUT2D eigenvalue weighted by Gasteiger charge is 2.33. The van der Waals surface area contributed by atoms with E-state index >= 15 is 0 Å². The number of carbonyl (C=O) groups is 1. The number of carbonyl (C=O) groups excluding carboxylic acids is 1. The number of fused-ring (bicyclic) bond motifs is 1. The fourth-order valence-corrected chi connectivity index (χ4v) is 3.99. The second kappa shape index (κ2) is 12.6. The number of amides is 1. The third-order valence-corrected chi connectivity index (χ3v) is 5.85. The Balaban J connectivity index is 1.68. The largest absolute Gasteiger partial charge is 0.462 e. The highest BCUT2D eigenvalue weighted by Crippen LogP contribution is 2.41. The second-order valence-electron chi connectivity index (χ2n) is 9.33. The van der Waals surface area contributed by atoms with Gasteiger partial charge in [0.1, 0.15) is 17.3 Å². The Labute approximate surface area is 241 Å². The van der Waals surface area contributed by atoms with E-state index < -0.39 is 12.0 Å². The molecule has 1 aromatic heterocycles. The van der Waals surface area contributed by atoms with Gasteiger partial charge in [0.2, 0.25) is 5.88 Å². The molecule has 0 spiro atoms. The zero-order chi connectivity index (χ0) is 30.4. The van der Waals surface area contributed by atoms with Crippen LogP contribution in [0.15, 0.2) is 42.5 Å². The van der Waals surface area contributed by atoms with Crippen molar-refractivity contribution in [3.05, 3.63) is 48.0 Å². The van der Waals surface area contributed by atoms with E-state index in [0.29, 0.717) is 47.8 Å². The number of nitrogens with two attached hydrogens (primary N) is 3. The maximum Gasteiger partial charge on any atom is 0.328 e. The van der Waals surface area contributed by atoms with Gasteiger partial charge in [-0.15, -0.1) is 0 Å². The van der Waals surface area contributed by atoms with Gasteiger partial charge in [-0.1, -0.05) is 6.07 Å². The quantitative estimate of drug-likeness (QED) is 0.0897. The SMILES string of the molecule is CN(C)c1cc(Oc2nc(Oc3cccc(NC(=N)N)c3)nc3c2NC(=O)C(CCCNC(=N)N)O3)ccc1C(=N)N. The molecule has 1 unspecified atom stereocenters. The minimum atomic E-state index is -0.875.